The van der Waals surface area contributed by atoms with E-state index in [9.17, 15) is 9.18 Å². The minimum Gasteiger partial charge on any atom is -0.383 e. The molecule has 1 aliphatic heterocycles. The molecule has 0 spiro atoms. The molecule has 1 atom stereocenters. The number of ether oxygens (including phenoxy) is 1. The molecular formula is C18H27FN2O2. The van der Waals surface area contributed by atoms with Gasteiger partial charge in [-0.25, -0.2) is 4.39 Å². The Morgan fingerprint density at radius 3 is 2.87 bits per heavy atom. The average Bonchev–Trinajstić information content (AvgIpc) is 2.59. The van der Waals surface area contributed by atoms with Crippen molar-refractivity contribution in [1.82, 2.24) is 9.80 Å². The molecule has 1 aliphatic rings. The number of carbonyl (C=O) groups excluding carboxylic acids is 1. The number of rotatable bonds is 7. The molecule has 0 aromatic heterocycles. The zero-order valence-corrected chi connectivity index (χ0v) is 14.1. The number of amides is 1. The van der Waals surface area contributed by atoms with Crippen molar-refractivity contribution in [2.75, 3.05) is 33.4 Å². The summed E-state index contributed by atoms with van der Waals surface area (Å²) in [6, 6.07) is 6.56. The van der Waals surface area contributed by atoms with Gasteiger partial charge in [-0.05, 0) is 32.0 Å². The molecule has 1 unspecified atom stereocenters. The lowest BCUT2D eigenvalue weighted by Crippen LogP contribution is -2.51. The smallest absolute Gasteiger partial charge is 0.240 e. The fraction of sp³-hybridized carbons (Fsp3) is 0.611. The molecule has 1 saturated heterocycles. The minimum absolute atomic E-state index is 0.0858. The van der Waals surface area contributed by atoms with E-state index in [0.29, 0.717) is 25.3 Å². The summed E-state index contributed by atoms with van der Waals surface area (Å²) in [5.74, 6) is -0.175. The number of likely N-dealkylation sites (tertiary alicyclic amines) is 1. The number of carbonyl (C=O) groups is 1. The van der Waals surface area contributed by atoms with Crippen molar-refractivity contribution < 1.29 is 13.9 Å². The van der Waals surface area contributed by atoms with Gasteiger partial charge in [0.05, 0.1) is 12.6 Å². The normalized spacial score (nSPS) is 18.8. The van der Waals surface area contributed by atoms with Gasteiger partial charge in [0.2, 0.25) is 5.91 Å². The molecular weight excluding hydrogens is 295 g/mol. The van der Waals surface area contributed by atoms with Gasteiger partial charge in [0.25, 0.3) is 0 Å². The summed E-state index contributed by atoms with van der Waals surface area (Å²) in [6.07, 6.45) is 3.10. The summed E-state index contributed by atoms with van der Waals surface area (Å²) in [4.78, 5) is 17.0. The Hall–Kier alpha value is -1.46. The molecule has 5 heteroatoms. The highest BCUT2D eigenvalue weighted by molar-refractivity contribution is 5.82. The van der Waals surface area contributed by atoms with Crippen molar-refractivity contribution in [3.05, 3.63) is 35.6 Å². The van der Waals surface area contributed by atoms with Crippen LogP contribution in [0.4, 0.5) is 4.39 Å². The average molecular weight is 322 g/mol. The fourth-order valence-corrected chi connectivity index (χ4v) is 3.16. The van der Waals surface area contributed by atoms with Gasteiger partial charge in [-0.3, -0.25) is 9.69 Å². The highest BCUT2D eigenvalue weighted by Gasteiger charge is 2.31. The van der Waals surface area contributed by atoms with E-state index >= 15 is 0 Å². The second-order valence-corrected chi connectivity index (χ2v) is 5.98. The lowest BCUT2D eigenvalue weighted by Gasteiger charge is -2.37. The Labute approximate surface area is 138 Å². The number of hydrogen-bond acceptors (Lipinski definition) is 3. The molecule has 128 valence electrons. The van der Waals surface area contributed by atoms with Crippen LogP contribution in [-0.4, -0.2) is 55.1 Å². The van der Waals surface area contributed by atoms with Gasteiger partial charge >= 0.3 is 0 Å². The van der Waals surface area contributed by atoms with Crippen molar-refractivity contribution >= 4 is 5.91 Å². The summed E-state index contributed by atoms with van der Waals surface area (Å²) in [7, 11) is 1.62. The predicted molar refractivity (Wildman–Crippen MR) is 88.6 cm³/mol. The summed E-state index contributed by atoms with van der Waals surface area (Å²) >= 11 is 0. The summed E-state index contributed by atoms with van der Waals surface area (Å²) in [6.45, 7) is 5.15. The second kappa shape index (κ2) is 8.99. The first-order valence-electron chi connectivity index (χ1n) is 8.42. The maximum Gasteiger partial charge on any atom is 0.240 e. The molecule has 4 nitrogen and oxygen atoms in total. The Morgan fingerprint density at radius 2 is 2.17 bits per heavy atom. The van der Waals surface area contributed by atoms with E-state index in [1.165, 1.54) is 6.07 Å². The number of nitrogens with zero attached hydrogens (tertiary/aromatic N) is 2. The number of halogens is 1. The zero-order chi connectivity index (χ0) is 16.7. The van der Waals surface area contributed by atoms with E-state index in [4.69, 9.17) is 4.74 Å². The van der Waals surface area contributed by atoms with Crippen LogP contribution in [0.3, 0.4) is 0 Å². The van der Waals surface area contributed by atoms with Crippen molar-refractivity contribution in [2.24, 2.45) is 0 Å². The standard InChI is InChI=1S/C18H27FN2O2/c1-3-20-11-7-6-10-17(20)18(22)21(12-13-23-2)14-15-8-4-5-9-16(15)19/h4-5,8-9,17H,3,6-7,10-14H2,1-2H3. The van der Waals surface area contributed by atoms with Crippen molar-refractivity contribution in [2.45, 2.75) is 38.8 Å². The lowest BCUT2D eigenvalue weighted by molar-refractivity contribution is -0.139. The third-order valence-corrected chi connectivity index (χ3v) is 4.50. The largest absolute Gasteiger partial charge is 0.383 e. The van der Waals surface area contributed by atoms with Gasteiger partial charge in [0, 0.05) is 25.8 Å². The second-order valence-electron chi connectivity index (χ2n) is 5.98. The SMILES string of the molecule is CCN1CCCCC1C(=O)N(CCOC)Cc1ccccc1F. The van der Waals surface area contributed by atoms with Crippen LogP contribution >= 0.6 is 0 Å². The van der Waals surface area contributed by atoms with Gasteiger partial charge < -0.3 is 9.64 Å². The highest BCUT2D eigenvalue weighted by Crippen LogP contribution is 2.20. The molecule has 0 bridgehead atoms. The predicted octanol–water partition coefficient (Wildman–Crippen LogP) is 2.68. The third-order valence-electron chi connectivity index (χ3n) is 4.50. The van der Waals surface area contributed by atoms with Gasteiger partial charge in [-0.1, -0.05) is 31.5 Å². The summed E-state index contributed by atoms with van der Waals surface area (Å²) < 4.78 is 19.1. The first kappa shape index (κ1) is 17.9. The fourth-order valence-electron chi connectivity index (χ4n) is 3.16. The van der Waals surface area contributed by atoms with Crippen LogP contribution in [0.15, 0.2) is 24.3 Å². The van der Waals surface area contributed by atoms with Gasteiger partial charge in [0.15, 0.2) is 0 Å². The van der Waals surface area contributed by atoms with E-state index in [0.717, 1.165) is 32.4 Å². The minimum atomic E-state index is -0.265. The van der Waals surface area contributed by atoms with Crippen LogP contribution in [-0.2, 0) is 16.1 Å². The Bertz CT molecular complexity index is 510. The molecule has 1 aromatic rings. The van der Waals surface area contributed by atoms with Gasteiger partial charge in [-0.2, -0.15) is 0 Å². The zero-order valence-electron chi connectivity index (χ0n) is 14.1. The van der Waals surface area contributed by atoms with Crippen LogP contribution < -0.4 is 0 Å². The molecule has 1 amide bonds. The molecule has 1 heterocycles. The number of methoxy groups -OCH3 is 1. The first-order valence-corrected chi connectivity index (χ1v) is 8.42. The van der Waals surface area contributed by atoms with E-state index in [2.05, 4.69) is 11.8 Å². The van der Waals surface area contributed by atoms with Crippen LogP contribution in [0.2, 0.25) is 0 Å². The van der Waals surface area contributed by atoms with Crippen LogP contribution in [0.5, 0.6) is 0 Å². The van der Waals surface area contributed by atoms with Crippen LogP contribution in [0, 0.1) is 5.82 Å². The van der Waals surface area contributed by atoms with E-state index < -0.39 is 0 Å². The molecule has 1 aromatic carbocycles. The van der Waals surface area contributed by atoms with Crippen molar-refractivity contribution in [3.63, 3.8) is 0 Å². The van der Waals surface area contributed by atoms with Crippen molar-refractivity contribution in [3.8, 4) is 0 Å². The maximum atomic E-state index is 13.9. The monoisotopic (exact) mass is 322 g/mol. The number of piperidine rings is 1. The third kappa shape index (κ3) is 4.75. The molecule has 0 radical (unpaired) electrons. The molecule has 1 fully saturated rings. The maximum absolute atomic E-state index is 13.9. The number of hydrogen-bond donors (Lipinski definition) is 0. The molecule has 0 N–H and O–H groups in total. The summed E-state index contributed by atoms with van der Waals surface area (Å²) in [5, 5.41) is 0. The quantitative estimate of drug-likeness (QED) is 0.774. The van der Waals surface area contributed by atoms with Crippen molar-refractivity contribution in [1.29, 1.82) is 0 Å². The van der Waals surface area contributed by atoms with Crippen LogP contribution in [0.25, 0.3) is 0 Å². The molecule has 0 saturated carbocycles. The number of benzene rings is 1. The first-order chi connectivity index (χ1) is 11.2. The van der Waals surface area contributed by atoms with Gasteiger partial charge in [-0.15, -0.1) is 0 Å². The lowest BCUT2D eigenvalue weighted by atomic mass is 10.0. The Balaban J connectivity index is 2.13. The number of likely N-dealkylation sites (N-methyl/N-ethyl adjacent to an activating group) is 1. The van der Waals surface area contributed by atoms with Crippen LogP contribution in [0.1, 0.15) is 31.7 Å². The highest BCUT2D eigenvalue weighted by atomic mass is 19.1. The Morgan fingerprint density at radius 1 is 1.39 bits per heavy atom. The topological polar surface area (TPSA) is 32.8 Å². The van der Waals surface area contributed by atoms with E-state index in [-0.39, 0.29) is 17.8 Å². The van der Waals surface area contributed by atoms with Gasteiger partial charge in [0.1, 0.15) is 5.82 Å². The summed E-state index contributed by atoms with van der Waals surface area (Å²) in [5.41, 5.74) is 0.552. The Kier molecular flexibility index (Phi) is 6.99. The molecule has 23 heavy (non-hydrogen) atoms. The molecule has 2 rings (SSSR count). The van der Waals surface area contributed by atoms with E-state index in [1.807, 2.05) is 0 Å². The molecule has 0 aliphatic carbocycles. The van der Waals surface area contributed by atoms with E-state index in [1.54, 1.807) is 30.2 Å².